The van der Waals surface area contributed by atoms with E-state index in [0.29, 0.717) is 22.4 Å². The van der Waals surface area contributed by atoms with Gasteiger partial charge in [-0.15, -0.1) is 0 Å². The molecule has 0 aromatic heterocycles. The highest BCUT2D eigenvalue weighted by molar-refractivity contribution is 6.35. The van der Waals surface area contributed by atoms with Gasteiger partial charge in [0, 0.05) is 23.0 Å². The molecule has 1 heterocycles. The summed E-state index contributed by atoms with van der Waals surface area (Å²) in [5.74, 6) is 0.474. The maximum atomic E-state index is 11.9. The quantitative estimate of drug-likeness (QED) is 0.856. The van der Waals surface area contributed by atoms with Gasteiger partial charge in [-0.3, -0.25) is 10.1 Å². The van der Waals surface area contributed by atoms with Crippen LogP contribution in [0.5, 0.6) is 5.75 Å². The second-order valence-electron chi connectivity index (χ2n) is 5.41. The fraction of sp³-hybridized carbons (Fsp3) is 0.533. The van der Waals surface area contributed by atoms with Crippen molar-refractivity contribution in [2.24, 2.45) is 5.92 Å². The molecular weight excluding hydrogens is 313 g/mol. The molecule has 0 aliphatic carbocycles. The van der Waals surface area contributed by atoms with Crippen LogP contribution in [0.15, 0.2) is 12.1 Å². The maximum absolute atomic E-state index is 11.9. The van der Waals surface area contributed by atoms with E-state index in [0.717, 1.165) is 12.0 Å². The highest BCUT2D eigenvalue weighted by atomic mass is 35.5. The lowest BCUT2D eigenvalue weighted by molar-refractivity contribution is -0.144. The van der Waals surface area contributed by atoms with Gasteiger partial charge in [-0.25, -0.2) is 0 Å². The lowest BCUT2D eigenvalue weighted by atomic mass is 9.96. The van der Waals surface area contributed by atoms with Gasteiger partial charge in [0.1, 0.15) is 11.8 Å². The van der Waals surface area contributed by atoms with Gasteiger partial charge in [0.15, 0.2) is 0 Å². The number of ether oxygens (including phenoxy) is 2. The van der Waals surface area contributed by atoms with E-state index in [9.17, 15) is 4.79 Å². The number of halogens is 2. The highest BCUT2D eigenvalue weighted by Crippen LogP contribution is 2.40. The minimum Gasteiger partial charge on any atom is -0.492 e. The van der Waals surface area contributed by atoms with Gasteiger partial charge < -0.3 is 9.47 Å². The van der Waals surface area contributed by atoms with Crippen molar-refractivity contribution in [1.29, 1.82) is 0 Å². The molecule has 2 rings (SSSR count). The van der Waals surface area contributed by atoms with Crippen molar-refractivity contribution in [3.05, 3.63) is 27.7 Å². The number of rotatable bonds is 4. The fourth-order valence-electron chi connectivity index (χ4n) is 2.48. The van der Waals surface area contributed by atoms with Crippen molar-refractivity contribution in [3.63, 3.8) is 0 Å². The molecule has 2 atom stereocenters. The molecule has 116 valence electrons. The van der Waals surface area contributed by atoms with E-state index in [1.165, 1.54) is 7.11 Å². The first kappa shape index (κ1) is 16.4. The molecule has 0 amide bonds. The summed E-state index contributed by atoms with van der Waals surface area (Å²) in [4.78, 5) is 11.9. The summed E-state index contributed by atoms with van der Waals surface area (Å²) in [6.07, 6.45) is 0.740. The summed E-state index contributed by atoms with van der Waals surface area (Å²) < 4.78 is 10.5. The Morgan fingerprint density at radius 3 is 2.76 bits per heavy atom. The molecule has 1 aromatic rings. The Morgan fingerprint density at radius 1 is 1.43 bits per heavy atom. The number of carbonyl (C=O) groups excluding carboxylic acids is 1. The number of fused-ring (bicyclic) bond motifs is 1. The molecule has 0 fully saturated rings. The Hall–Kier alpha value is -0.970. The third kappa shape index (κ3) is 3.62. The van der Waals surface area contributed by atoms with Crippen LogP contribution in [-0.2, 0) is 9.53 Å². The molecule has 0 spiro atoms. The first-order chi connectivity index (χ1) is 9.93. The second kappa shape index (κ2) is 6.86. The van der Waals surface area contributed by atoms with E-state index >= 15 is 0 Å². The van der Waals surface area contributed by atoms with Crippen LogP contribution < -0.4 is 10.1 Å². The van der Waals surface area contributed by atoms with Crippen LogP contribution in [0, 0.1) is 5.92 Å². The molecule has 1 aromatic carbocycles. The standard InChI is InChI=1S/C15H19Cl2NO3/c1-8(2)13(15(19)20-3)18-12-4-5-21-14-10(12)6-9(16)7-11(14)17/h6-8,12-13,18H,4-5H2,1-3H3/t12?,13-/m0/s1. The average Bonchev–Trinajstić information content (AvgIpc) is 2.43. The largest absolute Gasteiger partial charge is 0.492 e. The Balaban J connectivity index is 2.29. The fourth-order valence-corrected chi connectivity index (χ4v) is 3.04. The second-order valence-corrected chi connectivity index (χ2v) is 6.25. The summed E-state index contributed by atoms with van der Waals surface area (Å²) in [5.41, 5.74) is 0.883. The normalized spacial score (nSPS) is 18.9. The van der Waals surface area contributed by atoms with Crippen LogP contribution >= 0.6 is 23.2 Å². The van der Waals surface area contributed by atoms with Gasteiger partial charge in [-0.1, -0.05) is 37.0 Å². The lowest BCUT2D eigenvalue weighted by Gasteiger charge is -2.31. The maximum Gasteiger partial charge on any atom is 0.323 e. The monoisotopic (exact) mass is 331 g/mol. The smallest absolute Gasteiger partial charge is 0.323 e. The van der Waals surface area contributed by atoms with Gasteiger partial charge >= 0.3 is 5.97 Å². The number of benzene rings is 1. The zero-order chi connectivity index (χ0) is 15.6. The molecular formula is C15H19Cl2NO3. The van der Waals surface area contributed by atoms with Gasteiger partial charge in [0.2, 0.25) is 0 Å². The van der Waals surface area contributed by atoms with Crippen molar-refractivity contribution in [3.8, 4) is 5.75 Å². The summed E-state index contributed by atoms with van der Waals surface area (Å²) in [6, 6.07) is 3.05. The van der Waals surface area contributed by atoms with Crippen LogP contribution in [0.2, 0.25) is 10.0 Å². The van der Waals surface area contributed by atoms with Crippen molar-refractivity contribution in [2.75, 3.05) is 13.7 Å². The molecule has 1 N–H and O–H groups in total. The molecule has 1 aliphatic heterocycles. The van der Waals surface area contributed by atoms with Crippen LogP contribution in [0.25, 0.3) is 0 Å². The van der Waals surface area contributed by atoms with Crippen molar-refractivity contribution in [1.82, 2.24) is 5.32 Å². The van der Waals surface area contributed by atoms with Crippen LogP contribution in [0.3, 0.4) is 0 Å². The molecule has 0 radical (unpaired) electrons. The van der Waals surface area contributed by atoms with Gasteiger partial charge in [0.25, 0.3) is 0 Å². The highest BCUT2D eigenvalue weighted by Gasteiger charge is 2.30. The number of methoxy groups -OCH3 is 1. The summed E-state index contributed by atoms with van der Waals surface area (Å²) in [6.45, 7) is 4.48. The number of hydrogen-bond acceptors (Lipinski definition) is 4. The SMILES string of the molecule is COC(=O)[C@@H](NC1CCOc2c(Cl)cc(Cl)cc21)C(C)C. The molecule has 6 heteroatoms. The Kier molecular flexibility index (Phi) is 5.36. The molecule has 21 heavy (non-hydrogen) atoms. The van der Waals surface area contributed by atoms with E-state index in [-0.39, 0.29) is 24.0 Å². The Labute approximate surface area is 134 Å². The summed E-state index contributed by atoms with van der Waals surface area (Å²) in [7, 11) is 1.39. The third-order valence-corrected chi connectivity index (χ3v) is 4.07. The van der Waals surface area contributed by atoms with Crippen LogP contribution in [0.4, 0.5) is 0 Å². The number of nitrogens with one attached hydrogen (secondary N) is 1. The van der Waals surface area contributed by atoms with Gasteiger partial charge in [0.05, 0.1) is 18.7 Å². The van der Waals surface area contributed by atoms with E-state index in [1.807, 2.05) is 19.9 Å². The number of carbonyl (C=O) groups is 1. The number of esters is 1. The van der Waals surface area contributed by atoms with Gasteiger partial charge in [-0.2, -0.15) is 0 Å². The third-order valence-electron chi connectivity index (χ3n) is 3.57. The van der Waals surface area contributed by atoms with E-state index in [1.54, 1.807) is 6.07 Å². The Morgan fingerprint density at radius 2 is 2.14 bits per heavy atom. The van der Waals surface area contributed by atoms with E-state index in [2.05, 4.69) is 5.32 Å². The minimum absolute atomic E-state index is 0.0450. The molecule has 4 nitrogen and oxygen atoms in total. The predicted octanol–water partition coefficient (Wildman–Crippen LogP) is 3.60. The summed E-state index contributed by atoms with van der Waals surface area (Å²) in [5, 5.41) is 4.39. The molecule has 0 saturated heterocycles. The number of hydrogen-bond donors (Lipinski definition) is 1. The van der Waals surface area contributed by atoms with Crippen LogP contribution in [0.1, 0.15) is 31.9 Å². The topological polar surface area (TPSA) is 47.6 Å². The van der Waals surface area contributed by atoms with Crippen molar-refractivity contribution in [2.45, 2.75) is 32.4 Å². The zero-order valence-electron chi connectivity index (χ0n) is 12.3. The minimum atomic E-state index is -0.385. The first-order valence-electron chi connectivity index (χ1n) is 6.89. The van der Waals surface area contributed by atoms with Gasteiger partial charge in [-0.05, 0) is 18.1 Å². The van der Waals surface area contributed by atoms with E-state index < -0.39 is 0 Å². The predicted molar refractivity (Wildman–Crippen MR) is 83.1 cm³/mol. The van der Waals surface area contributed by atoms with Crippen LogP contribution in [-0.4, -0.2) is 25.7 Å². The van der Waals surface area contributed by atoms with Crippen molar-refractivity contribution >= 4 is 29.2 Å². The molecule has 1 aliphatic rings. The lowest BCUT2D eigenvalue weighted by Crippen LogP contribution is -2.44. The van der Waals surface area contributed by atoms with Crippen molar-refractivity contribution < 1.29 is 14.3 Å². The van der Waals surface area contributed by atoms with E-state index in [4.69, 9.17) is 32.7 Å². The molecule has 0 bridgehead atoms. The zero-order valence-corrected chi connectivity index (χ0v) is 13.8. The molecule has 1 unspecified atom stereocenters. The first-order valence-corrected chi connectivity index (χ1v) is 7.65. The molecule has 0 saturated carbocycles. The summed E-state index contributed by atoms with van der Waals surface area (Å²) >= 11 is 12.2. The average molecular weight is 332 g/mol. The Bertz CT molecular complexity index is 534.